The quantitative estimate of drug-likeness (QED) is 0.610. The molecule has 1 saturated heterocycles. The molecule has 8 heteroatoms. The number of methoxy groups -OCH3 is 1. The number of carbonyl (C=O) groups is 1. The zero-order valence-corrected chi connectivity index (χ0v) is 18.4. The van der Waals surface area contributed by atoms with Gasteiger partial charge >= 0.3 is 0 Å². The van der Waals surface area contributed by atoms with Gasteiger partial charge in [-0.15, -0.1) is 0 Å². The summed E-state index contributed by atoms with van der Waals surface area (Å²) in [6, 6.07) is 13.0. The maximum Gasteiger partial charge on any atom is 0.293 e. The molecule has 7 nitrogen and oxygen atoms in total. The Balaban J connectivity index is 1.47. The van der Waals surface area contributed by atoms with Gasteiger partial charge < -0.3 is 19.1 Å². The molecule has 1 amide bonds. The van der Waals surface area contributed by atoms with E-state index in [2.05, 4.69) is 4.98 Å². The van der Waals surface area contributed by atoms with Gasteiger partial charge in [-0.3, -0.25) is 9.59 Å². The summed E-state index contributed by atoms with van der Waals surface area (Å²) in [5.41, 5.74) is 2.32. The molecule has 2 heterocycles. The minimum atomic E-state index is -0.0917. The summed E-state index contributed by atoms with van der Waals surface area (Å²) in [5, 5.41) is 0.520. The Morgan fingerprint density at radius 2 is 1.87 bits per heavy atom. The summed E-state index contributed by atoms with van der Waals surface area (Å²) < 4.78 is 6.91. The highest BCUT2D eigenvalue weighted by atomic mass is 35.5. The second-order valence-electron chi connectivity index (χ2n) is 7.48. The second kappa shape index (κ2) is 8.98. The lowest BCUT2D eigenvalue weighted by Crippen LogP contribution is -2.51. The molecule has 0 unspecified atom stereocenters. The Labute approximate surface area is 185 Å². The number of fused-ring (bicyclic) bond motifs is 1. The Kier molecular flexibility index (Phi) is 6.13. The first-order chi connectivity index (χ1) is 15.0. The van der Waals surface area contributed by atoms with Crippen molar-refractivity contribution in [2.24, 2.45) is 0 Å². The van der Waals surface area contributed by atoms with Gasteiger partial charge in [-0.1, -0.05) is 29.8 Å². The molecule has 162 valence electrons. The summed E-state index contributed by atoms with van der Waals surface area (Å²) in [6.07, 6.45) is 0.236. The molecule has 4 rings (SSSR count). The molecule has 0 aliphatic carbocycles. The molecule has 0 radical (unpaired) electrons. The zero-order valence-electron chi connectivity index (χ0n) is 17.7. The van der Waals surface area contributed by atoms with E-state index < -0.39 is 0 Å². The molecule has 1 aliphatic heterocycles. The normalized spacial score (nSPS) is 14.2. The first-order valence-corrected chi connectivity index (χ1v) is 10.7. The Morgan fingerprint density at radius 3 is 2.55 bits per heavy atom. The maximum atomic E-state index is 13.0. The molecular weight excluding hydrogens is 416 g/mol. The van der Waals surface area contributed by atoms with Gasteiger partial charge in [0, 0.05) is 37.7 Å². The Hall–Kier alpha value is -3.06. The lowest BCUT2D eigenvalue weighted by atomic mass is 10.1. The van der Waals surface area contributed by atoms with Gasteiger partial charge in [0.2, 0.25) is 5.91 Å². The highest BCUT2D eigenvalue weighted by Gasteiger charge is 2.25. The first kappa shape index (κ1) is 21.2. The van der Waals surface area contributed by atoms with E-state index in [1.54, 1.807) is 23.8 Å². The van der Waals surface area contributed by atoms with Crippen LogP contribution >= 0.6 is 11.6 Å². The van der Waals surface area contributed by atoms with Crippen LogP contribution in [-0.2, 0) is 17.8 Å². The molecule has 0 atom stereocenters. The molecule has 1 aliphatic rings. The van der Waals surface area contributed by atoms with Gasteiger partial charge in [0.05, 0.1) is 24.6 Å². The number of carbonyl (C=O) groups excluding carboxylic acids is 1. The minimum Gasteiger partial charge on any atom is -0.497 e. The number of halogens is 1. The van der Waals surface area contributed by atoms with Crippen molar-refractivity contribution in [3.05, 3.63) is 63.4 Å². The third-order valence-corrected chi connectivity index (χ3v) is 6.04. The molecule has 0 N–H and O–H groups in total. The van der Waals surface area contributed by atoms with E-state index in [1.807, 2.05) is 47.1 Å². The third-order valence-electron chi connectivity index (χ3n) is 5.69. The number of para-hydroxylation sites is 2. The van der Waals surface area contributed by atoms with Crippen molar-refractivity contribution >= 4 is 34.4 Å². The van der Waals surface area contributed by atoms with Gasteiger partial charge in [0.15, 0.2) is 5.82 Å². The number of ether oxygens (including phenoxy) is 1. The maximum absolute atomic E-state index is 13.0. The van der Waals surface area contributed by atoms with E-state index >= 15 is 0 Å². The molecule has 1 aromatic heterocycles. The molecule has 1 fully saturated rings. The number of rotatable bonds is 5. The summed E-state index contributed by atoms with van der Waals surface area (Å²) in [4.78, 5) is 34.2. The molecule has 31 heavy (non-hydrogen) atoms. The largest absolute Gasteiger partial charge is 0.497 e. The van der Waals surface area contributed by atoms with Gasteiger partial charge in [0.1, 0.15) is 5.75 Å². The highest BCUT2D eigenvalue weighted by molar-refractivity contribution is 6.31. The number of nitrogens with zero attached hydrogens (tertiary/aromatic N) is 4. The summed E-state index contributed by atoms with van der Waals surface area (Å²) in [7, 11) is 1.58. The standard InChI is InChI=1S/C23H25ClN4O3/c1-3-28-20-7-5-4-6-19(20)25-22(23(28)30)27-12-10-26(11-13-27)21(29)14-16-8-9-17(31-2)15-18(16)24/h4-9,15H,3,10-14H2,1-2H3. The fraction of sp³-hybridized carbons (Fsp3) is 0.348. The second-order valence-corrected chi connectivity index (χ2v) is 7.88. The summed E-state index contributed by atoms with van der Waals surface area (Å²) in [5.74, 6) is 1.13. The van der Waals surface area contributed by atoms with Crippen LogP contribution in [0, 0.1) is 0 Å². The predicted molar refractivity (Wildman–Crippen MR) is 122 cm³/mol. The minimum absolute atomic E-state index is 0.0177. The molecule has 3 aromatic rings. The average molecular weight is 441 g/mol. The van der Waals surface area contributed by atoms with Gasteiger partial charge in [-0.05, 0) is 36.8 Å². The smallest absolute Gasteiger partial charge is 0.293 e. The van der Waals surface area contributed by atoms with Crippen LogP contribution in [0.5, 0.6) is 5.75 Å². The number of aryl methyl sites for hydroxylation is 1. The number of hydrogen-bond donors (Lipinski definition) is 0. The van der Waals surface area contributed by atoms with E-state index in [-0.39, 0.29) is 17.9 Å². The van der Waals surface area contributed by atoms with Crippen molar-refractivity contribution < 1.29 is 9.53 Å². The number of anilines is 1. The molecule has 2 aromatic carbocycles. The van der Waals surface area contributed by atoms with Crippen molar-refractivity contribution in [3.8, 4) is 5.75 Å². The van der Waals surface area contributed by atoms with Crippen LogP contribution in [-0.4, -0.2) is 53.6 Å². The first-order valence-electron chi connectivity index (χ1n) is 10.4. The zero-order chi connectivity index (χ0) is 22.0. The van der Waals surface area contributed by atoms with E-state index in [9.17, 15) is 9.59 Å². The van der Waals surface area contributed by atoms with Crippen LogP contribution in [0.15, 0.2) is 47.3 Å². The lowest BCUT2D eigenvalue weighted by Gasteiger charge is -2.35. The fourth-order valence-corrected chi connectivity index (χ4v) is 4.18. The van der Waals surface area contributed by atoms with Gasteiger partial charge in [-0.25, -0.2) is 4.98 Å². The van der Waals surface area contributed by atoms with Crippen molar-refractivity contribution in [2.75, 3.05) is 38.2 Å². The number of piperazine rings is 1. The lowest BCUT2D eigenvalue weighted by molar-refractivity contribution is -0.130. The van der Waals surface area contributed by atoms with E-state index in [1.165, 1.54) is 0 Å². The highest BCUT2D eigenvalue weighted by Crippen LogP contribution is 2.23. The number of amides is 1. The predicted octanol–water partition coefficient (Wildman–Crippen LogP) is 2.97. The van der Waals surface area contributed by atoms with Gasteiger partial charge in [-0.2, -0.15) is 0 Å². The third kappa shape index (κ3) is 4.23. The Bertz CT molecular complexity index is 1170. The fourth-order valence-electron chi connectivity index (χ4n) is 3.94. The monoisotopic (exact) mass is 440 g/mol. The van der Waals surface area contributed by atoms with Crippen LogP contribution in [0.25, 0.3) is 11.0 Å². The van der Waals surface area contributed by atoms with Crippen molar-refractivity contribution in [1.29, 1.82) is 0 Å². The Morgan fingerprint density at radius 1 is 1.13 bits per heavy atom. The molecule has 0 saturated carbocycles. The van der Waals surface area contributed by atoms with E-state index in [0.717, 1.165) is 16.6 Å². The van der Waals surface area contributed by atoms with Crippen molar-refractivity contribution in [3.63, 3.8) is 0 Å². The van der Waals surface area contributed by atoms with Crippen LogP contribution in [0.4, 0.5) is 5.82 Å². The SMILES string of the molecule is CCn1c(=O)c(N2CCN(C(=O)Cc3ccc(OC)cc3Cl)CC2)nc2ccccc21. The van der Waals surface area contributed by atoms with Crippen molar-refractivity contribution in [1.82, 2.24) is 14.5 Å². The summed E-state index contributed by atoms with van der Waals surface area (Å²) >= 11 is 6.28. The van der Waals surface area contributed by atoms with E-state index in [0.29, 0.717) is 49.3 Å². The van der Waals surface area contributed by atoms with Gasteiger partial charge in [0.25, 0.3) is 5.56 Å². The number of aromatic nitrogens is 2. The van der Waals surface area contributed by atoms with E-state index in [4.69, 9.17) is 16.3 Å². The summed E-state index contributed by atoms with van der Waals surface area (Å²) in [6.45, 7) is 4.73. The number of hydrogen-bond acceptors (Lipinski definition) is 5. The molecule has 0 bridgehead atoms. The van der Waals surface area contributed by atoms with Crippen LogP contribution < -0.4 is 15.2 Å². The van der Waals surface area contributed by atoms with Crippen molar-refractivity contribution in [2.45, 2.75) is 19.9 Å². The van der Waals surface area contributed by atoms with Crippen LogP contribution in [0.1, 0.15) is 12.5 Å². The average Bonchev–Trinajstić information content (AvgIpc) is 2.80. The van der Waals surface area contributed by atoms with Crippen LogP contribution in [0.2, 0.25) is 5.02 Å². The number of benzene rings is 2. The molecular formula is C23H25ClN4O3. The topological polar surface area (TPSA) is 67.7 Å². The molecule has 0 spiro atoms. The van der Waals surface area contributed by atoms with Crippen LogP contribution in [0.3, 0.4) is 0 Å².